The number of carbonyl (C=O) groups is 1. The molecule has 1 heterocycles. The van der Waals surface area contributed by atoms with Crippen molar-refractivity contribution in [3.63, 3.8) is 0 Å². The molecule has 0 aliphatic carbocycles. The molecule has 1 aliphatic heterocycles. The Kier molecular flexibility index (Phi) is 7.28. The van der Waals surface area contributed by atoms with Gasteiger partial charge < -0.3 is 9.84 Å². The molecule has 0 aromatic heterocycles. The van der Waals surface area contributed by atoms with Gasteiger partial charge >= 0.3 is 5.97 Å². The number of carboxylic acid groups (broad SMARTS) is 1. The van der Waals surface area contributed by atoms with E-state index in [1.54, 1.807) is 0 Å². The van der Waals surface area contributed by atoms with Crippen LogP contribution in [0.1, 0.15) is 46.0 Å². The third-order valence-corrected chi connectivity index (χ3v) is 3.85. The monoisotopic (exact) mass is 257 g/mol. The van der Waals surface area contributed by atoms with E-state index in [2.05, 4.69) is 18.7 Å². The number of likely N-dealkylation sites (tertiary alicyclic amines) is 1. The highest BCUT2D eigenvalue weighted by Crippen LogP contribution is 2.25. The van der Waals surface area contributed by atoms with Crippen LogP contribution in [0.25, 0.3) is 0 Å². The van der Waals surface area contributed by atoms with E-state index >= 15 is 0 Å². The summed E-state index contributed by atoms with van der Waals surface area (Å²) < 4.78 is 5.52. The highest BCUT2D eigenvalue weighted by atomic mass is 16.5. The van der Waals surface area contributed by atoms with Crippen molar-refractivity contribution in [3.05, 3.63) is 0 Å². The summed E-state index contributed by atoms with van der Waals surface area (Å²) in [5.74, 6) is -0.106. The summed E-state index contributed by atoms with van der Waals surface area (Å²) in [6, 6.07) is -0.307. The van der Waals surface area contributed by atoms with E-state index in [9.17, 15) is 9.90 Å². The van der Waals surface area contributed by atoms with Gasteiger partial charge in [-0.1, -0.05) is 26.7 Å². The molecule has 0 spiro atoms. The number of piperidine rings is 1. The third kappa shape index (κ3) is 4.94. The van der Waals surface area contributed by atoms with Gasteiger partial charge in [0.2, 0.25) is 0 Å². The van der Waals surface area contributed by atoms with Gasteiger partial charge in [0.05, 0.1) is 6.61 Å². The molecule has 0 radical (unpaired) electrons. The van der Waals surface area contributed by atoms with Crippen LogP contribution in [-0.2, 0) is 9.53 Å². The number of carboxylic acids is 1. The fourth-order valence-electron chi connectivity index (χ4n) is 2.51. The first kappa shape index (κ1) is 15.4. The minimum absolute atomic E-state index is 0.307. The van der Waals surface area contributed by atoms with E-state index in [0.717, 1.165) is 51.8 Å². The minimum atomic E-state index is -0.679. The third-order valence-electron chi connectivity index (χ3n) is 3.85. The van der Waals surface area contributed by atoms with E-state index in [1.165, 1.54) is 0 Å². The summed E-state index contributed by atoms with van der Waals surface area (Å²) in [7, 11) is 0. The van der Waals surface area contributed by atoms with Crippen LogP contribution < -0.4 is 0 Å². The van der Waals surface area contributed by atoms with Gasteiger partial charge in [-0.3, -0.25) is 9.69 Å². The topological polar surface area (TPSA) is 49.8 Å². The Hall–Kier alpha value is -0.610. The first-order valence-corrected chi connectivity index (χ1v) is 7.23. The second-order valence-electron chi connectivity index (χ2n) is 5.15. The molecule has 1 saturated heterocycles. The van der Waals surface area contributed by atoms with Crippen LogP contribution in [-0.4, -0.2) is 48.3 Å². The van der Waals surface area contributed by atoms with Crippen LogP contribution in [0.3, 0.4) is 0 Å². The molecule has 0 amide bonds. The molecular weight excluding hydrogens is 230 g/mol. The Morgan fingerprint density at radius 3 is 2.78 bits per heavy atom. The van der Waals surface area contributed by atoms with Crippen molar-refractivity contribution >= 4 is 5.97 Å². The molecule has 1 fully saturated rings. The Morgan fingerprint density at radius 1 is 1.39 bits per heavy atom. The maximum Gasteiger partial charge on any atom is 0.320 e. The highest BCUT2D eigenvalue weighted by molar-refractivity contribution is 5.73. The van der Waals surface area contributed by atoms with Crippen LogP contribution in [0.15, 0.2) is 0 Å². The number of hydrogen-bond acceptors (Lipinski definition) is 3. The predicted molar refractivity (Wildman–Crippen MR) is 71.7 cm³/mol. The highest BCUT2D eigenvalue weighted by Gasteiger charge is 2.32. The molecule has 1 N–H and O–H groups in total. The van der Waals surface area contributed by atoms with E-state index in [4.69, 9.17) is 4.74 Å². The first-order chi connectivity index (χ1) is 8.69. The quantitative estimate of drug-likeness (QED) is 0.678. The maximum absolute atomic E-state index is 11.3. The molecule has 18 heavy (non-hydrogen) atoms. The van der Waals surface area contributed by atoms with Gasteiger partial charge in [-0.25, -0.2) is 0 Å². The lowest BCUT2D eigenvalue weighted by Crippen LogP contribution is -2.48. The van der Waals surface area contributed by atoms with Crippen molar-refractivity contribution < 1.29 is 14.6 Å². The first-order valence-electron chi connectivity index (χ1n) is 7.23. The van der Waals surface area contributed by atoms with Gasteiger partial charge in [-0.15, -0.1) is 0 Å². The standard InChI is InChI=1S/C14H27NO3/c1-3-5-9-18-10-8-15-7-6-12(4-2)11-13(15)14(16)17/h12-13H,3-11H2,1-2H3,(H,16,17). The summed E-state index contributed by atoms with van der Waals surface area (Å²) in [6.45, 7) is 7.37. The molecule has 1 aliphatic rings. The molecule has 2 unspecified atom stereocenters. The lowest BCUT2D eigenvalue weighted by molar-refractivity contribution is -0.145. The zero-order valence-electron chi connectivity index (χ0n) is 11.7. The molecular formula is C14H27NO3. The lowest BCUT2D eigenvalue weighted by Gasteiger charge is -2.36. The average Bonchev–Trinajstić information content (AvgIpc) is 2.38. The Morgan fingerprint density at radius 2 is 2.17 bits per heavy atom. The van der Waals surface area contributed by atoms with Gasteiger partial charge in [-0.05, 0) is 31.7 Å². The minimum Gasteiger partial charge on any atom is -0.480 e. The van der Waals surface area contributed by atoms with Crippen molar-refractivity contribution in [2.45, 2.75) is 52.0 Å². The number of nitrogens with zero attached hydrogens (tertiary/aromatic N) is 1. The zero-order valence-corrected chi connectivity index (χ0v) is 11.7. The summed E-state index contributed by atoms with van der Waals surface area (Å²) in [5, 5.41) is 9.28. The second kappa shape index (κ2) is 8.48. The Balaban J connectivity index is 2.31. The van der Waals surface area contributed by atoms with Crippen molar-refractivity contribution in [1.29, 1.82) is 0 Å². The van der Waals surface area contributed by atoms with Crippen molar-refractivity contribution in [2.75, 3.05) is 26.3 Å². The van der Waals surface area contributed by atoms with Gasteiger partial charge in [0, 0.05) is 13.2 Å². The summed E-state index contributed by atoms with van der Waals surface area (Å²) >= 11 is 0. The molecule has 4 nitrogen and oxygen atoms in total. The molecule has 0 saturated carbocycles. The number of rotatable bonds is 8. The molecule has 0 aromatic carbocycles. The summed E-state index contributed by atoms with van der Waals surface area (Å²) in [4.78, 5) is 13.3. The van der Waals surface area contributed by atoms with Crippen LogP contribution in [0.2, 0.25) is 0 Å². The average molecular weight is 257 g/mol. The van der Waals surface area contributed by atoms with E-state index < -0.39 is 5.97 Å². The Bertz CT molecular complexity index is 245. The van der Waals surface area contributed by atoms with Gasteiger partial charge in [0.1, 0.15) is 6.04 Å². The fraction of sp³-hybridized carbons (Fsp3) is 0.929. The van der Waals surface area contributed by atoms with Crippen molar-refractivity contribution in [1.82, 2.24) is 4.90 Å². The van der Waals surface area contributed by atoms with Crippen LogP contribution in [0.4, 0.5) is 0 Å². The van der Waals surface area contributed by atoms with E-state index in [1.807, 2.05) is 0 Å². The number of aliphatic carboxylic acids is 1. The van der Waals surface area contributed by atoms with E-state index in [-0.39, 0.29) is 6.04 Å². The molecule has 1 rings (SSSR count). The maximum atomic E-state index is 11.3. The van der Waals surface area contributed by atoms with Gasteiger partial charge in [-0.2, -0.15) is 0 Å². The lowest BCUT2D eigenvalue weighted by atomic mass is 9.89. The second-order valence-corrected chi connectivity index (χ2v) is 5.15. The van der Waals surface area contributed by atoms with Crippen LogP contribution >= 0.6 is 0 Å². The largest absolute Gasteiger partial charge is 0.480 e. The smallest absolute Gasteiger partial charge is 0.320 e. The number of hydrogen-bond donors (Lipinski definition) is 1. The fourth-order valence-corrected chi connectivity index (χ4v) is 2.51. The summed E-state index contributed by atoms with van der Waals surface area (Å²) in [6.07, 6.45) is 5.22. The van der Waals surface area contributed by atoms with Gasteiger partial charge in [0.15, 0.2) is 0 Å². The molecule has 0 bridgehead atoms. The molecule has 2 atom stereocenters. The van der Waals surface area contributed by atoms with Crippen molar-refractivity contribution in [3.8, 4) is 0 Å². The van der Waals surface area contributed by atoms with Crippen molar-refractivity contribution in [2.24, 2.45) is 5.92 Å². The van der Waals surface area contributed by atoms with E-state index in [0.29, 0.717) is 12.5 Å². The predicted octanol–water partition coefficient (Wildman–Crippen LogP) is 2.38. The molecule has 0 aromatic rings. The zero-order chi connectivity index (χ0) is 13.4. The molecule has 106 valence electrons. The Labute approximate surface area is 110 Å². The van der Waals surface area contributed by atoms with Gasteiger partial charge in [0.25, 0.3) is 0 Å². The van der Waals surface area contributed by atoms with Crippen LogP contribution in [0.5, 0.6) is 0 Å². The molecule has 4 heteroatoms. The number of unbranched alkanes of at least 4 members (excludes halogenated alkanes) is 1. The number of ether oxygens (including phenoxy) is 1. The SMILES string of the molecule is CCCCOCCN1CCC(CC)CC1C(=O)O. The normalized spacial score (nSPS) is 25.2. The van der Waals surface area contributed by atoms with Crippen LogP contribution in [0, 0.1) is 5.92 Å². The summed E-state index contributed by atoms with van der Waals surface area (Å²) in [5.41, 5.74) is 0.